The van der Waals surface area contributed by atoms with E-state index in [1.54, 1.807) is 19.1 Å². The zero-order valence-corrected chi connectivity index (χ0v) is 9.09. The summed E-state index contributed by atoms with van der Waals surface area (Å²) >= 11 is 0. The van der Waals surface area contributed by atoms with E-state index in [1.807, 2.05) is 6.92 Å². The highest BCUT2D eigenvalue weighted by Gasteiger charge is 2.15. The quantitative estimate of drug-likeness (QED) is 0.774. The molecule has 15 heavy (non-hydrogen) atoms. The van der Waals surface area contributed by atoms with Gasteiger partial charge in [-0.15, -0.1) is 0 Å². The minimum Gasteiger partial charge on any atom is -0.321 e. The second kappa shape index (κ2) is 5.03. The van der Waals surface area contributed by atoms with Gasteiger partial charge in [-0.3, -0.25) is 4.79 Å². The molecule has 0 aromatic heterocycles. The van der Waals surface area contributed by atoms with Crippen LogP contribution in [0.4, 0.5) is 4.39 Å². The minimum atomic E-state index is -0.517. The number of benzene rings is 1. The summed E-state index contributed by atoms with van der Waals surface area (Å²) in [7, 11) is 0. The fourth-order valence-electron chi connectivity index (χ4n) is 1.40. The van der Waals surface area contributed by atoms with Gasteiger partial charge in [-0.1, -0.05) is 25.5 Å². The number of hydrogen-bond donors (Lipinski definition) is 1. The Bertz CT molecular complexity index is 363. The lowest BCUT2D eigenvalue weighted by molar-refractivity contribution is 0.0956. The highest BCUT2D eigenvalue weighted by Crippen LogP contribution is 2.12. The summed E-state index contributed by atoms with van der Waals surface area (Å²) in [5, 5.41) is 0. The van der Waals surface area contributed by atoms with Crippen LogP contribution in [0.15, 0.2) is 18.2 Å². The zero-order valence-electron chi connectivity index (χ0n) is 9.09. The van der Waals surface area contributed by atoms with Crippen LogP contribution in [0.3, 0.4) is 0 Å². The van der Waals surface area contributed by atoms with Crippen molar-refractivity contribution in [3.8, 4) is 0 Å². The number of hydrogen-bond acceptors (Lipinski definition) is 2. The average Bonchev–Trinajstić information content (AvgIpc) is 2.21. The van der Waals surface area contributed by atoms with Crippen molar-refractivity contribution in [2.24, 2.45) is 5.73 Å². The van der Waals surface area contributed by atoms with Crippen LogP contribution in [-0.4, -0.2) is 11.8 Å². The molecule has 1 unspecified atom stereocenters. The largest absolute Gasteiger partial charge is 0.321 e. The van der Waals surface area contributed by atoms with Crippen LogP contribution >= 0.6 is 0 Å². The predicted octanol–water partition coefficient (Wildman–Crippen LogP) is 2.44. The number of Topliss-reactive ketones (excluding diaryl/α,β-unsaturated/α-hetero) is 1. The number of carbonyl (C=O) groups excluding carboxylic acids is 1. The number of nitrogens with two attached hydrogens (primary N) is 1. The highest BCUT2D eigenvalue weighted by atomic mass is 19.1. The Morgan fingerprint density at radius 1 is 1.53 bits per heavy atom. The van der Waals surface area contributed by atoms with Crippen molar-refractivity contribution < 1.29 is 9.18 Å². The maximum atomic E-state index is 13.2. The summed E-state index contributed by atoms with van der Waals surface area (Å²) in [6.45, 7) is 3.62. The van der Waals surface area contributed by atoms with Gasteiger partial charge in [-0.25, -0.2) is 4.39 Å². The van der Waals surface area contributed by atoms with E-state index in [-0.39, 0.29) is 11.6 Å². The molecule has 0 aliphatic heterocycles. The fourth-order valence-corrected chi connectivity index (χ4v) is 1.40. The maximum Gasteiger partial charge on any atom is 0.179 e. The van der Waals surface area contributed by atoms with E-state index >= 15 is 0 Å². The molecule has 1 aromatic rings. The fraction of sp³-hybridized carbons (Fsp3) is 0.417. The average molecular weight is 209 g/mol. The van der Waals surface area contributed by atoms with Crippen molar-refractivity contribution in [3.05, 3.63) is 35.1 Å². The lowest BCUT2D eigenvalue weighted by Gasteiger charge is -2.09. The monoisotopic (exact) mass is 209 g/mol. The molecule has 0 bridgehead atoms. The standard InChI is InChI=1S/C12H16FNO/c1-3-4-11(14)12(15)9-6-5-8(2)10(13)7-9/h5-7,11H,3-4,14H2,1-2H3. The lowest BCUT2D eigenvalue weighted by atomic mass is 10.0. The summed E-state index contributed by atoms with van der Waals surface area (Å²) < 4.78 is 13.2. The van der Waals surface area contributed by atoms with E-state index < -0.39 is 6.04 Å². The molecule has 1 aromatic carbocycles. The smallest absolute Gasteiger partial charge is 0.179 e. The van der Waals surface area contributed by atoms with E-state index in [4.69, 9.17) is 5.73 Å². The van der Waals surface area contributed by atoms with Crippen LogP contribution in [0.2, 0.25) is 0 Å². The Morgan fingerprint density at radius 2 is 2.20 bits per heavy atom. The Kier molecular flexibility index (Phi) is 3.97. The third-order valence-corrected chi connectivity index (χ3v) is 2.39. The third kappa shape index (κ3) is 2.86. The Hall–Kier alpha value is -1.22. The van der Waals surface area contributed by atoms with Gasteiger partial charge in [-0.05, 0) is 25.0 Å². The number of ketones is 1. The van der Waals surface area contributed by atoms with Gasteiger partial charge in [0.1, 0.15) is 5.82 Å². The van der Waals surface area contributed by atoms with E-state index in [0.717, 1.165) is 6.42 Å². The third-order valence-electron chi connectivity index (χ3n) is 2.39. The number of rotatable bonds is 4. The molecule has 0 heterocycles. The van der Waals surface area contributed by atoms with Crippen molar-refractivity contribution in [2.45, 2.75) is 32.7 Å². The molecule has 0 aliphatic rings. The van der Waals surface area contributed by atoms with E-state index in [9.17, 15) is 9.18 Å². The summed E-state index contributed by atoms with van der Waals surface area (Å²) in [4.78, 5) is 11.7. The van der Waals surface area contributed by atoms with E-state index in [1.165, 1.54) is 6.07 Å². The molecule has 2 nitrogen and oxygen atoms in total. The van der Waals surface area contributed by atoms with Crippen LogP contribution < -0.4 is 5.73 Å². The molecule has 1 rings (SSSR count). The molecule has 82 valence electrons. The molecule has 0 saturated heterocycles. The normalized spacial score (nSPS) is 12.5. The van der Waals surface area contributed by atoms with Crippen molar-refractivity contribution >= 4 is 5.78 Å². The first kappa shape index (κ1) is 11.9. The molecule has 1 atom stereocenters. The van der Waals surface area contributed by atoms with Gasteiger partial charge in [0, 0.05) is 5.56 Å². The topological polar surface area (TPSA) is 43.1 Å². The van der Waals surface area contributed by atoms with Crippen LogP contribution in [0.1, 0.15) is 35.7 Å². The van der Waals surface area contributed by atoms with Gasteiger partial charge in [0.2, 0.25) is 0 Å². The van der Waals surface area contributed by atoms with Gasteiger partial charge >= 0.3 is 0 Å². The van der Waals surface area contributed by atoms with Crippen LogP contribution in [0.5, 0.6) is 0 Å². The summed E-state index contributed by atoms with van der Waals surface area (Å²) in [6.07, 6.45) is 1.48. The minimum absolute atomic E-state index is 0.184. The van der Waals surface area contributed by atoms with Crippen molar-refractivity contribution in [1.82, 2.24) is 0 Å². The van der Waals surface area contributed by atoms with Crippen LogP contribution in [0.25, 0.3) is 0 Å². The van der Waals surface area contributed by atoms with Gasteiger partial charge < -0.3 is 5.73 Å². The number of halogens is 1. The molecule has 2 N–H and O–H groups in total. The molecule has 0 fully saturated rings. The molecular weight excluding hydrogens is 193 g/mol. The van der Waals surface area contributed by atoms with Gasteiger partial charge in [0.25, 0.3) is 0 Å². The Labute approximate surface area is 89.3 Å². The summed E-state index contributed by atoms with van der Waals surface area (Å²) in [5.74, 6) is -0.541. The zero-order chi connectivity index (χ0) is 11.4. The second-order valence-corrected chi connectivity index (χ2v) is 3.72. The number of aryl methyl sites for hydroxylation is 1. The van der Waals surface area contributed by atoms with Crippen molar-refractivity contribution in [1.29, 1.82) is 0 Å². The molecule has 0 saturated carbocycles. The van der Waals surface area contributed by atoms with Gasteiger partial charge in [0.05, 0.1) is 6.04 Å². The van der Waals surface area contributed by atoms with Crippen LogP contribution in [-0.2, 0) is 0 Å². The summed E-state index contributed by atoms with van der Waals surface area (Å²) in [6, 6.07) is 3.96. The first-order valence-corrected chi connectivity index (χ1v) is 5.12. The molecule has 0 aliphatic carbocycles. The SMILES string of the molecule is CCCC(N)C(=O)c1ccc(C)c(F)c1. The van der Waals surface area contributed by atoms with Crippen LogP contribution in [0, 0.1) is 12.7 Å². The second-order valence-electron chi connectivity index (χ2n) is 3.72. The summed E-state index contributed by atoms with van der Waals surface area (Å²) in [5.41, 5.74) is 6.57. The van der Waals surface area contributed by atoms with Gasteiger partial charge in [0.15, 0.2) is 5.78 Å². The Morgan fingerprint density at radius 3 is 2.73 bits per heavy atom. The Balaban J connectivity index is 2.87. The van der Waals surface area contributed by atoms with E-state index in [0.29, 0.717) is 17.5 Å². The molecule has 0 amide bonds. The first-order chi connectivity index (χ1) is 7.06. The maximum absolute atomic E-state index is 13.2. The van der Waals surface area contributed by atoms with Crippen molar-refractivity contribution in [3.63, 3.8) is 0 Å². The molecular formula is C12H16FNO. The highest BCUT2D eigenvalue weighted by molar-refractivity contribution is 5.99. The molecule has 3 heteroatoms. The number of carbonyl (C=O) groups is 1. The predicted molar refractivity (Wildman–Crippen MR) is 58.4 cm³/mol. The first-order valence-electron chi connectivity index (χ1n) is 5.12. The van der Waals surface area contributed by atoms with Crippen molar-refractivity contribution in [2.75, 3.05) is 0 Å². The van der Waals surface area contributed by atoms with E-state index in [2.05, 4.69) is 0 Å². The van der Waals surface area contributed by atoms with Gasteiger partial charge in [-0.2, -0.15) is 0 Å². The molecule has 0 radical (unpaired) electrons. The molecule has 0 spiro atoms. The lowest BCUT2D eigenvalue weighted by Crippen LogP contribution is -2.30.